The summed E-state index contributed by atoms with van der Waals surface area (Å²) < 4.78 is 0. The number of carbonyl (C=O) groups is 1. The van der Waals surface area contributed by atoms with Gasteiger partial charge in [0, 0.05) is 12.1 Å². The minimum atomic E-state index is -0.447. The number of amides is 1. The van der Waals surface area contributed by atoms with Gasteiger partial charge in [-0.05, 0) is 73.6 Å². The van der Waals surface area contributed by atoms with Crippen molar-refractivity contribution in [3.63, 3.8) is 0 Å². The highest BCUT2D eigenvalue weighted by molar-refractivity contribution is 8.19. The summed E-state index contributed by atoms with van der Waals surface area (Å²) in [7, 11) is 0. The van der Waals surface area contributed by atoms with Gasteiger partial charge in [0.1, 0.15) is 0 Å². The normalized spacial score (nSPS) is 16.3. The monoisotopic (exact) mass is 429 g/mol. The zero-order valence-corrected chi connectivity index (χ0v) is 17.8. The molecule has 4 rings (SSSR count). The number of rotatable bonds is 4. The first-order chi connectivity index (χ1) is 14.9. The molecule has 1 aliphatic rings. The van der Waals surface area contributed by atoms with Gasteiger partial charge in [-0.25, -0.2) is 4.99 Å². The van der Waals surface area contributed by atoms with Crippen LogP contribution in [0.5, 0.6) is 0 Å². The Labute approximate surface area is 184 Å². The summed E-state index contributed by atoms with van der Waals surface area (Å²) in [5.41, 5.74) is 4.45. The molecule has 0 aliphatic carbocycles. The van der Waals surface area contributed by atoms with Crippen LogP contribution in [0.1, 0.15) is 16.7 Å². The van der Waals surface area contributed by atoms with E-state index < -0.39 is 4.92 Å². The molecule has 1 fully saturated rings. The Morgan fingerprint density at radius 1 is 0.903 bits per heavy atom. The SMILES string of the molecule is Cc1ccc(N=C2SC(=Cc3ccc([N+](=O)[O-])cc3)C(=O)N2c2ccc(C)cc2)cc1. The number of anilines is 1. The summed E-state index contributed by atoms with van der Waals surface area (Å²) in [6, 6.07) is 21.6. The highest BCUT2D eigenvalue weighted by Crippen LogP contribution is 2.37. The largest absolute Gasteiger partial charge is 0.271 e. The molecule has 1 saturated heterocycles. The zero-order chi connectivity index (χ0) is 22.0. The number of nitro benzene ring substituents is 1. The van der Waals surface area contributed by atoms with Gasteiger partial charge in [0.15, 0.2) is 5.17 Å². The fourth-order valence-corrected chi connectivity index (χ4v) is 4.04. The number of aryl methyl sites for hydroxylation is 2. The number of aliphatic imine (C=N–C) groups is 1. The fraction of sp³-hybridized carbons (Fsp3) is 0.0833. The van der Waals surface area contributed by atoms with Gasteiger partial charge in [0.2, 0.25) is 0 Å². The average Bonchev–Trinajstić information content (AvgIpc) is 3.05. The summed E-state index contributed by atoms with van der Waals surface area (Å²) in [4.78, 5) is 30.5. The lowest BCUT2D eigenvalue weighted by atomic mass is 10.2. The summed E-state index contributed by atoms with van der Waals surface area (Å²) in [6.07, 6.45) is 1.73. The molecule has 6 nitrogen and oxygen atoms in total. The van der Waals surface area contributed by atoms with Gasteiger partial charge in [-0.1, -0.05) is 35.4 Å². The fourth-order valence-electron chi connectivity index (χ4n) is 3.04. The Bertz CT molecular complexity index is 1200. The van der Waals surface area contributed by atoms with Gasteiger partial charge in [-0.3, -0.25) is 19.8 Å². The molecule has 154 valence electrons. The second-order valence-electron chi connectivity index (χ2n) is 7.17. The van der Waals surface area contributed by atoms with E-state index in [-0.39, 0.29) is 11.6 Å². The molecule has 7 heteroatoms. The molecule has 31 heavy (non-hydrogen) atoms. The van der Waals surface area contributed by atoms with Crippen LogP contribution in [0, 0.1) is 24.0 Å². The Kier molecular flexibility index (Phi) is 5.68. The van der Waals surface area contributed by atoms with E-state index in [0.29, 0.717) is 15.6 Å². The quantitative estimate of drug-likeness (QED) is 0.289. The first kappa shape index (κ1) is 20.6. The molecule has 0 saturated carbocycles. The lowest BCUT2D eigenvalue weighted by Crippen LogP contribution is -2.28. The standard InChI is InChI=1S/C24H19N3O3S/c1-16-3-9-19(10-4-16)25-24-26(20-11-5-17(2)6-12-20)23(28)22(31-24)15-18-7-13-21(14-8-18)27(29)30/h3-15H,1-2H3. The van der Waals surface area contributed by atoms with Crippen LogP contribution in [0.15, 0.2) is 82.7 Å². The lowest BCUT2D eigenvalue weighted by Gasteiger charge is -2.16. The number of hydrogen-bond donors (Lipinski definition) is 0. The topological polar surface area (TPSA) is 75.8 Å². The molecule has 0 spiro atoms. The molecule has 3 aromatic rings. The van der Waals surface area contributed by atoms with Crippen molar-refractivity contribution in [3.05, 3.63) is 105 Å². The van der Waals surface area contributed by atoms with E-state index in [1.165, 1.54) is 23.9 Å². The van der Waals surface area contributed by atoms with Gasteiger partial charge in [-0.15, -0.1) is 0 Å². The highest BCUT2D eigenvalue weighted by atomic mass is 32.2. The van der Waals surface area contributed by atoms with Crippen LogP contribution in [-0.2, 0) is 4.79 Å². The van der Waals surface area contributed by atoms with Crippen molar-refractivity contribution in [1.82, 2.24) is 0 Å². The molecule has 3 aromatic carbocycles. The molecule has 0 atom stereocenters. The number of hydrogen-bond acceptors (Lipinski definition) is 5. The van der Waals surface area contributed by atoms with E-state index in [1.54, 1.807) is 23.1 Å². The van der Waals surface area contributed by atoms with E-state index in [2.05, 4.69) is 0 Å². The summed E-state index contributed by atoms with van der Waals surface area (Å²) in [5.74, 6) is -0.182. The molecule has 1 amide bonds. The molecule has 0 bridgehead atoms. The summed E-state index contributed by atoms with van der Waals surface area (Å²) in [5, 5.41) is 11.4. The predicted octanol–water partition coefficient (Wildman–Crippen LogP) is 6.02. The first-order valence-electron chi connectivity index (χ1n) is 9.61. The van der Waals surface area contributed by atoms with E-state index in [0.717, 1.165) is 22.5 Å². The first-order valence-corrected chi connectivity index (χ1v) is 10.4. The number of amidine groups is 1. The van der Waals surface area contributed by atoms with E-state index in [9.17, 15) is 14.9 Å². The van der Waals surface area contributed by atoms with Crippen LogP contribution in [0.2, 0.25) is 0 Å². The molecule has 0 aromatic heterocycles. The van der Waals surface area contributed by atoms with E-state index >= 15 is 0 Å². The third kappa shape index (κ3) is 4.57. The van der Waals surface area contributed by atoms with Crippen LogP contribution >= 0.6 is 11.8 Å². The number of nitro groups is 1. The van der Waals surface area contributed by atoms with Crippen molar-refractivity contribution in [2.45, 2.75) is 13.8 Å². The maximum Gasteiger partial charge on any atom is 0.271 e. The molecule has 0 radical (unpaired) electrons. The second-order valence-corrected chi connectivity index (χ2v) is 8.17. The molecule has 1 aliphatic heterocycles. The Balaban J connectivity index is 1.73. The Morgan fingerprint density at radius 3 is 2.06 bits per heavy atom. The average molecular weight is 430 g/mol. The molecule has 1 heterocycles. The van der Waals surface area contributed by atoms with E-state index in [1.807, 2.05) is 62.4 Å². The highest BCUT2D eigenvalue weighted by Gasteiger charge is 2.34. The van der Waals surface area contributed by atoms with Crippen LogP contribution in [0.4, 0.5) is 17.1 Å². The third-order valence-corrected chi connectivity index (χ3v) is 5.73. The Hall–Kier alpha value is -3.71. The van der Waals surface area contributed by atoms with Crippen LogP contribution < -0.4 is 4.90 Å². The maximum atomic E-state index is 13.3. The summed E-state index contributed by atoms with van der Waals surface area (Å²) in [6.45, 7) is 4.00. The Morgan fingerprint density at radius 2 is 1.48 bits per heavy atom. The number of carbonyl (C=O) groups excluding carboxylic acids is 1. The maximum absolute atomic E-state index is 13.3. The number of nitrogens with zero attached hydrogens (tertiary/aromatic N) is 3. The number of non-ortho nitro benzene ring substituents is 1. The third-order valence-electron chi connectivity index (χ3n) is 4.76. The van der Waals surface area contributed by atoms with Crippen molar-refractivity contribution < 1.29 is 9.72 Å². The number of benzene rings is 3. The lowest BCUT2D eigenvalue weighted by molar-refractivity contribution is -0.384. The molecular formula is C24H19N3O3S. The predicted molar refractivity (Wildman–Crippen MR) is 126 cm³/mol. The smallest absolute Gasteiger partial charge is 0.268 e. The van der Waals surface area contributed by atoms with Crippen molar-refractivity contribution in [2.24, 2.45) is 4.99 Å². The zero-order valence-electron chi connectivity index (χ0n) is 17.0. The minimum absolute atomic E-state index is 0.00968. The molecular weight excluding hydrogens is 410 g/mol. The van der Waals surface area contributed by atoms with Crippen LogP contribution in [-0.4, -0.2) is 16.0 Å². The van der Waals surface area contributed by atoms with Crippen molar-refractivity contribution >= 4 is 46.0 Å². The minimum Gasteiger partial charge on any atom is -0.268 e. The van der Waals surface area contributed by atoms with Crippen LogP contribution in [0.25, 0.3) is 6.08 Å². The van der Waals surface area contributed by atoms with Gasteiger partial charge in [-0.2, -0.15) is 0 Å². The van der Waals surface area contributed by atoms with Gasteiger partial charge in [0.25, 0.3) is 11.6 Å². The second kappa shape index (κ2) is 8.57. The van der Waals surface area contributed by atoms with E-state index in [4.69, 9.17) is 4.99 Å². The molecule has 0 N–H and O–H groups in total. The molecule has 0 unspecified atom stereocenters. The van der Waals surface area contributed by atoms with Crippen molar-refractivity contribution in [3.8, 4) is 0 Å². The van der Waals surface area contributed by atoms with Gasteiger partial charge >= 0.3 is 0 Å². The number of thioether (sulfide) groups is 1. The van der Waals surface area contributed by atoms with Gasteiger partial charge in [0.05, 0.1) is 21.2 Å². The van der Waals surface area contributed by atoms with Crippen LogP contribution in [0.3, 0.4) is 0 Å². The summed E-state index contributed by atoms with van der Waals surface area (Å²) >= 11 is 1.28. The van der Waals surface area contributed by atoms with Crippen molar-refractivity contribution in [2.75, 3.05) is 4.90 Å². The van der Waals surface area contributed by atoms with Gasteiger partial charge < -0.3 is 0 Å². The van der Waals surface area contributed by atoms with Crippen molar-refractivity contribution in [1.29, 1.82) is 0 Å².